The van der Waals surface area contributed by atoms with E-state index < -0.39 is 0 Å². The second-order valence-electron chi connectivity index (χ2n) is 6.37. The lowest BCUT2D eigenvalue weighted by molar-refractivity contribution is 0.317. The zero-order valence-corrected chi connectivity index (χ0v) is 12.1. The van der Waals surface area contributed by atoms with E-state index in [1.54, 1.807) is 0 Å². The van der Waals surface area contributed by atoms with Gasteiger partial charge < -0.3 is 10.5 Å². The minimum atomic E-state index is 0.155. The summed E-state index contributed by atoms with van der Waals surface area (Å²) in [6, 6.07) is 8.83. The molecule has 1 atom stereocenters. The molecule has 0 aliphatic carbocycles. The average molecular weight is 260 g/mol. The fourth-order valence-electron chi connectivity index (χ4n) is 2.54. The highest BCUT2D eigenvalue weighted by atomic mass is 16.4. The van der Waals surface area contributed by atoms with Crippen molar-refractivity contribution >= 4 is 5.71 Å². The normalized spacial score (nSPS) is 20.8. The molecule has 104 valence electrons. The Morgan fingerprint density at radius 3 is 2.47 bits per heavy atom. The van der Waals surface area contributed by atoms with Crippen molar-refractivity contribution < 1.29 is 5.21 Å². The van der Waals surface area contributed by atoms with E-state index in [1.165, 1.54) is 18.4 Å². The van der Waals surface area contributed by atoms with E-state index in [9.17, 15) is 5.21 Å². The standard InChI is InChI=1S/C16H24N2O/c1-16(2,3)13-8-6-12(7-9-13)15(18-19)11-14-5-4-10-17-14/h6-9,14,17,19H,4-5,10-11H2,1-3H3. The van der Waals surface area contributed by atoms with Crippen molar-refractivity contribution in [2.75, 3.05) is 6.54 Å². The molecule has 2 N–H and O–H groups in total. The van der Waals surface area contributed by atoms with Crippen molar-refractivity contribution in [3.05, 3.63) is 35.4 Å². The molecule has 19 heavy (non-hydrogen) atoms. The summed E-state index contributed by atoms with van der Waals surface area (Å²) >= 11 is 0. The maximum atomic E-state index is 9.23. The summed E-state index contributed by atoms with van der Waals surface area (Å²) in [6.45, 7) is 7.68. The molecule has 1 aromatic rings. The molecule has 3 heteroatoms. The van der Waals surface area contributed by atoms with Gasteiger partial charge in [0.25, 0.3) is 0 Å². The van der Waals surface area contributed by atoms with Crippen molar-refractivity contribution in [2.45, 2.75) is 51.5 Å². The molecular formula is C16H24N2O. The smallest absolute Gasteiger partial charge is 0.0883 e. The predicted octanol–water partition coefficient (Wildman–Crippen LogP) is 3.30. The quantitative estimate of drug-likeness (QED) is 0.497. The minimum absolute atomic E-state index is 0.155. The summed E-state index contributed by atoms with van der Waals surface area (Å²) in [6.07, 6.45) is 3.18. The van der Waals surface area contributed by atoms with Gasteiger partial charge in [-0.15, -0.1) is 0 Å². The van der Waals surface area contributed by atoms with E-state index in [4.69, 9.17) is 0 Å². The second-order valence-corrected chi connectivity index (χ2v) is 6.37. The van der Waals surface area contributed by atoms with Gasteiger partial charge in [-0.1, -0.05) is 50.2 Å². The van der Waals surface area contributed by atoms with Crippen LogP contribution >= 0.6 is 0 Å². The van der Waals surface area contributed by atoms with Crippen LogP contribution in [-0.2, 0) is 5.41 Å². The topological polar surface area (TPSA) is 44.6 Å². The maximum Gasteiger partial charge on any atom is 0.0883 e. The van der Waals surface area contributed by atoms with Crippen LogP contribution in [0.1, 0.15) is 51.2 Å². The number of oxime groups is 1. The summed E-state index contributed by atoms with van der Waals surface area (Å²) in [5.74, 6) is 0. The first kappa shape index (κ1) is 14.1. The fourth-order valence-corrected chi connectivity index (χ4v) is 2.54. The Kier molecular flexibility index (Phi) is 4.25. The molecule has 1 aromatic carbocycles. The largest absolute Gasteiger partial charge is 0.411 e. The summed E-state index contributed by atoms with van der Waals surface area (Å²) in [4.78, 5) is 0. The molecule has 0 spiro atoms. The van der Waals surface area contributed by atoms with Crippen LogP contribution in [0.15, 0.2) is 29.4 Å². The van der Waals surface area contributed by atoms with Crippen LogP contribution in [0.5, 0.6) is 0 Å². The number of rotatable bonds is 3. The zero-order valence-electron chi connectivity index (χ0n) is 12.1. The third-order valence-electron chi connectivity index (χ3n) is 3.81. The van der Waals surface area contributed by atoms with E-state index in [-0.39, 0.29) is 5.41 Å². The Labute approximate surface area is 115 Å². The molecule has 1 fully saturated rings. The third-order valence-corrected chi connectivity index (χ3v) is 3.81. The van der Waals surface area contributed by atoms with Crippen LogP contribution in [0.25, 0.3) is 0 Å². The second kappa shape index (κ2) is 5.74. The summed E-state index contributed by atoms with van der Waals surface area (Å²) in [5, 5.41) is 16.2. The van der Waals surface area contributed by atoms with E-state index in [2.05, 4.69) is 55.5 Å². The van der Waals surface area contributed by atoms with Gasteiger partial charge in [0.1, 0.15) is 0 Å². The van der Waals surface area contributed by atoms with Gasteiger partial charge in [0.2, 0.25) is 0 Å². The Bertz CT molecular complexity index is 437. The van der Waals surface area contributed by atoms with Crippen molar-refractivity contribution in [3.8, 4) is 0 Å². The lowest BCUT2D eigenvalue weighted by atomic mass is 9.86. The minimum Gasteiger partial charge on any atom is -0.411 e. The maximum absolute atomic E-state index is 9.23. The van der Waals surface area contributed by atoms with Crippen LogP contribution in [-0.4, -0.2) is 23.5 Å². The lowest BCUT2D eigenvalue weighted by Gasteiger charge is -2.19. The van der Waals surface area contributed by atoms with E-state index in [0.717, 1.165) is 24.2 Å². The fraction of sp³-hybridized carbons (Fsp3) is 0.562. The summed E-state index contributed by atoms with van der Waals surface area (Å²) < 4.78 is 0. The average Bonchev–Trinajstić information content (AvgIpc) is 2.88. The highest BCUT2D eigenvalue weighted by molar-refractivity contribution is 6.00. The summed E-state index contributed by atoms with van der Waals surface area (Å²) in [5.41, 5.74) is 3.25. The van der Waals surface area contributed by atoms with Crippen LogP contribution in [0.4, 0.5) is 0 Å². The first-order valence-electron chi connectivity index (χ1n) is 7.06. The van der Waals surface area contributed by atoms with E-state index in [0.29, 0.717) is 6.04 Å². The molecule has 0 aromatic heterocycles. The van der Waals surface area contributed by atoms with Crippen LogP contribution < -0.4 is 5.32 Å². The number of hydrogen-bond acceptors (Lipinski definition) is 3. The molecule has 1 heterocycles. The molecule has 0 saturated carbocycles. The van der Waals surface area contributed by atoms with Gasteiger partial charge in [-0.3, -0.25) is 0 Å². The predicted molar refractivity (Wildman–Crippen MR) is 79.1 cm³/mol. The number of hydrogen-bond donors (Lipinski definition) is 2. The van der Waals surface area contributed by atoms with Gasteiger partial charge in [0.15, 0.2) is 0 Å². The number of nitrogens with one attached hydrogen (secondary N) is 1. The molecule has 0 bridgehead atoms. The first-order chi connectivity index (χ1) is 9.00. The zero-order chi connectivity index (χ0) is 13.9. The van der Waals surface area contributed by atoms with E-state index >= 15 is 0 Å². The van der Waals surface area contributed by atoms with Gasteiger partial charge in [-0.05, 0) is 35.9 Å². The van der Waals surface area contributed by atoms with E-state index in [1.807, 2.05) is 0 Å². The highest BCUT2D eigenvalue weighted by Crippen LogP contribution is 2.23. The molecule has 1 saturated heterocycles. The molecule has 2 rings (SSSR count). The van der Waals surface area contributed by atoms with Gasteiger partial charge in [0, 0.05) is 12.5 Å². The monoisotopic (exact) mass is 260 g/mol. The van der Waals surface area contributed by atoms with Gasteiger partial charge in [-0.2, -0.15) is 0 Å². The molecule has 0 amide bonds. The molecule has 0 radical (unpaired) electrons. The van der Waals surface area contributed by atoms with Gasteiger partial charge >= 0.3 is 0 Å². The Hall–Kier alpha value is -1.35. The van der Waals surface area contributed by atoms with Gasteiger partial charge in [0.05, 0.1) is 5.71 Å². The molecule has 1 aliphatic rings. The van der Waals surface area contributed by atoms with Crippen molar-refractivity contribution in [1.82, 2.24) is 5.32 Å². The number of nitrogens with zero attached hydrogens (tertiary/aromatic N) is 1. The Morgan fingerprint density at radius 2 is 2.00 bits per heavy atom. The third kappa shape index (κ3) is 3.57. The summed E-state index contributed by atoms with van der Waals surface area (Å²) in [7, 11) is 0. The highest BCUT2D eigenvalue weighted by Gasteiger charge is 2.19. The van der Waals surface area contributed by atoms with Gasteiger partial charge in [-0.25, -0.2) is 0 Å². The number of benzene rings is 1. The molecule has 3 nitrogen and oxygen atoms in total. The van der Waals surface area contributed by atoms with Crippen LogP contribution in [0, 0.1) is 0 Å². The lowest BCUT2D eigenvalue weighted by Crippen LogP contribution is -2.25. The van der Waals surface area contributed by atoms with Crippen molar-refractivity contribution in [1.29, 1.82) is 0 Å². The van der Waals surface area contributed by atoms with Crippen LogP contribution in [0.3, 0.4) is 0 Å². The molecular weight excluding hydrogens is 236 g/mol. The Balaban J connectivity index is 2.11. The first-order valence-corrected chi connectivity index (χ1v) is 7.06. The Morgan fingerprint density at radius 1 is 1.32 bits per heavy atom. The molecule has 1 unspecified atom stereocenters. The van der Waals surface area contributed by atoms with Crippen LogP contribution in [0.2, 0.25) is 0 Å². The SMILES string of the molecule is CC(C)(C)c1ccc(C(CC2CCCN2)=NO)cc1. The van der Waals surface area contributed by atoms with Crippen molar-refractivity contribution in [3.63, 3.8) is 0 Å². The molecule has 1 aliphatic heterocycles. The van der Waals surface area contributed by atoms with Crippen molar-refractivity contribution in [2.24, 2.45) is 5.16 Å².